The minimum absolute atomic E-state index is 0.157. The number of fused-ring (bicyclic) bond motifs is 3. The van der Waals surface area contributed by atoms with Crippen LogP contribution in [0.3, 0.4) is 0 Å². The molecule has 2 aliphatic carbocycles. The van der Waals surface area contributed by atoms with Gasteiger partial charge in [0, 0.05) is 64.4 Å². The number of amides is 1. The largest absolute Gasteiger partial charge is 0.490 e. The number of nitriles is 1. The van der Waals surface area contributed by atoms with Crippen molar-refractivity contribution in [2.24, 2.45) is 21.2 Å². The lowest BCUT2D eigenvalue weighted by atomic mass is 9.49. The van der Waals surface area contributed by atoms with Crippen LogP contribution in [0.4, 0.5) is 5.95 Å². The molecule has 1 spiro atoms. The van der Waals surface area contributed by atoms with Crippen molar-refractivity contribution in [2.75, 3.05) is 18.0 Å². The maximum Gasteiger partial charge on any atom is 0.254 e. The van der Waals surface area contributed by atoms with Gasteiger partial charge >= 0.3 is 0 Å². The highest BCUT2D eigenvalue weighted by Gasteiger charge is 2.64. The summed E-state index contributed by atoms with van der Waals surface area (Å²) in [6.07, 6.45) is 11.0. The number of aromatic nitrogens is 6. The molecular formula is C49H51ClN10O4S. The molecule has 1 amide bonds. The van der Waals surface area contributed by atoms with Crippen LogP contribution in [0, 0.1) is 48.3 Å². The van der Waals surface area contributed by atoms with E-state index in [2.05, 4.69) is 112 Å². The fourth-order valence-corrected chi connectivity index (χ4v) is 12.3. The predicted octanol–water partition coefficient (Wildman–Crippen LogP) is 9.13. The van der Waals surface area contributed by atoms with Crippen molar-refractivity contribution in [2.45, 2.75) is 105 Å². The van der Waals surface area contributed by atoms with Crippen molar-refractivity contribution >= 4 is 40.5 Å². The number of piperidine rings is 1. The van der Waals surface area contributed by atoms with Gasteiger partial charge < -0.3 is 24.1 Å². The Morgan fingerprint density at radius 3 is 2.34 bits per heavy atom. The number of benzene rings is 2. The van der Waals surface area contributed by atoms with E-state index in [-0.39, 0.29) is 46.4 Å². The predicted molar refractivity (Wildman–Crippen MR) is 247 cm³/mol. The van der Waals surface area contributed by atoms with E-state index >= 15 is 0 Å². The SMILES string of the molecule is Cc1sc2c(c1C)C(c1ccc(OC3CC4(CCN(c5ncc(C(=O)NC6C(C)(C)C(Oc7ccc(C#N)c(Cl)c7)C6(C)C)cn5)CC4)C3)cc1)=N[C@H](Cc1ncco1)c1nnc(C)n1-2. The van der Waals surface area contributed by atoms with Gasteiger partial charge in [-0.05, 0) is 93.8 Å². The van der Waals surface area contributed by atoms with Gasteiger partial charge in [-0.25, -0.2) is 15.0 Å². The van der Waals surface area contributed by atoms with Gasteiger partial charge in [0.1, 0.15) is 46.8 Å². The van der Waals surface area contributed by atoms with Crippen LogP contribution < -0.4 is 19.7 Å². The number of nitrogens with zero attached hydrogens (tertiary/aromatic N) is 9. The molecule has 0 radical (unpaired) electrons. The molecule has 4 aromatic heterocycles. The van der Waals surface area contributed by atoms with E-state index in [9.17, 15) is 10.1 Å². The summed E-state index contributed by atoms with van der Waals surface area (Å²) in [6, 6.07) is 15.0. The standard InChI is InChI=1S/C49H51ClN10O4S/c1-27-28(2)65-43-39(27)40(55-37(21-38-52-16-19-62-38)41-58-57-29(3)60(41)43)30-8-11-33(12-9-30)63-35-22-49(23-35)14-17-59(18-15-49)46-53-25-32(26-54-46)42(61)56-44-47(4,5)45(48(44,6)7)64-34-13-10-31(24-51)36(50)20-34/h8-13,16,19-20,25-26,35,37,44-45H,14-15,17-18,21-23H2,1-7H3,(H,56,61)/t37-,44?,45?/m1/s1. The Bertz CT molecular complexity index is 2830. The minimum atomic E-state index is -0.382. The number of halogens is 1. The highest BCUT2D eigenvalue weighted by atomic mass is 35.5. The van der Waals surface area contributed by atoms with Gasteiger partial charge in [0.25, 0.3) is 5.91 Å². The number of hydrogen-bond acceptors (Lipinski definition) is 13. The van der Waals surface area contributed by atoms with Crippen molar-refractivity contribution in [3.05, 3.63) is 123 Å². The molecule has 14 nitrogen and oxygen atoms in total. The molecule has 4 aliphatic rings. The molecule has 1 saturated heterocycles. The first kappa shape index (κ1) is 42.8. The quantitative estimate of drug-likeness (QED) is 0.139. The Kier molecular flexibility index (Phi) is 10.6. The molecule has 2 aromatic carbocycles. The van der Waals surface area contributed by atoms with Gasteiger partial charge in [0.15, 0.2) is 11.7 Å². The minimum Gasteiger partial charge on any atom is -0.490 e. The first-order valence-electron chi connectivity index (χ1n) is 22.1. The van der Waals surface area contributed by atoms with Crippen LogP contribution in [-0.4, -0.2) is 72.7 Å². The number of anilines is 1. The zero-order chi connectivity index (χ0) is 45.4. The second-order valence-electron chi connectivity index (χ2n) is 19.3. The van der Waals surface area contributed by atoms with Crippen LogP contribution in [0.1, 0.15) is 114 Å². The van der Waals surface area contributed by atoms with Gasteiger partial charge in [-0.15, -0.1) is 21.5 Å². The van der Waals surface area contributed by atoms with Gasteiger partial charge in [-0.1, -0.05) is 39.3 Å². The van der Waals surface area contributed by atoms with Crippen molar-refractivity contribution in [3.8, 4) is 22.6 Å². The van der Waals surface area contributed by atoms with E-state index < -0.39 is 0 Å². The summed E-state index contributed by atoms with van der Waals surface area (Å²) < 4.78 is 20.8. The number of rotatable bonds is 10. The van der Waals surface area contributed by atoms with E-state index in [0.717, 1.165) is 78.0 Å². The second-order valence-corrected chi connectivity index (χ2v) is 20.9. The van der Waals surface area contributed by atoms with Gasteiger partial charge in [-0.3, -0.25) is 14.4 Å². The van der Waals surface area contributed by atoms with Crippen LogP contribution in [0.2, 0.25) is 5.02 Å². The molecule has 6 heterocycles. The number of carbonyl (C=O) groups excluding carboxylic acids is 1. The number of ether oxygens (including phenoxy) is 2. The summed E-state index contributed by atoms with van der Waals surface area (Å²) in [5, 5.41) is 23.0. The van der Waals surface area contributed by atoms with E-state index in [1.165, 1.54) is 10.4 Å². The van der Waals surface area contributed by atoms with Gasteiger partial charge in [-0.2, -0.15) is 5.26 Å². The Morgan fingerprint density at radius 2 is 1.68 bits per heavy atom. The first-order valence-corrected chi connectivity index (χ1v) is 23.3. The zero-order valence-corrected chi connectivity index (χ0v) is 39.1. The number of thiophene rings is 1. The summed E-state index contributed by atoms with van der Waals surface area (Å²) in [4.78, 5) is 36.0. The molecule has 3 fully saturated rings. The van der Waals surface area contributed by atoms with Crippen LogP contribution in [-0.2, 0) is 6.42 Å². The summed E-state index contributed by atoms with van der Waals surface area (Å²) in [5.74, 6) is 4.07. The smallest absolute Gasteiger partial charge is 0.254 e. The molecule has 334 valence electrons. The zero-order valence-electron chi connectivity index (χ0n) is 37.6. The van der Waals surface area contributed by atoms with E-state index in [1.807, 2.05) is 6.92 Å². The average Bonchev–Trinajstić information content (AvgIpc) is 3.99. The molecule has 0 bridgehead atoms. The Morgan fingerprint density at radius 1 is 0.969 bits per heavy atom. The first-order chi connectivity index (χ1) is 31.1. The highest BCUT2D eigenvalue weighted by Crippen LogP contribution is 2.56. The number of oxazole rings is 1. The van der Waals surface area contributed by atoms with E-state index in [4.69, 9.17) is 30.5 Å². The highest BCUT2D eigenvalue weighted by molar-refractivity contribution is 7.15. The summed E-state index contributed by atoms with van der Waals surface area (Å²) in [5.41, 5.74) is 4.53. The van der Waals surface area contributed by atoms with Crippen LogP contribution in [0.15, 0.2) is 76.7 Å². The normalized spacial score (nSPS) is 21.5. The molecule has 1 atom stereocenters. The molecule has 1 N–H and O–H groups in total. The summed E-state index contributed by atoms with van der Waals surface area (Å²) in [6.45, 7) is 16.3. The molecule has 2 aliphatic heterocycles. The Balaban J connectivity index is 0.738. The fraction of sp³-hybridized carbons (Fsp3) is 0.429. The van der Waals surface area contributed by atoms with Gasteiger partial charge in [0.2, 0.25) is 5.95 Å². The third-order valence-corrected chi connectivity index (χ3v) is 15.8. The topological polar surface area (TPSA) is 169 Å². The molecule has 2 saturated carbocycles. The molecule has 65 heavy (non-hydrogen) atoms. The maximum atomic E-state index is 13.5. The summed E-state index contributed by atoms with van der Waals surface area (Å²) in [7, 11) is 0. The van der Waals surface area contributed by atoms with E-state index in [1.54, 1.807) is 54.4 Å². The molecule has 10 rings (SSSR count). The van der Waals surface area contributed by atoms with Crippen molar-refractivity contribution in [1.29, 1.82) is 5.26 Å². The Labute approximate surface area is 387 Å². The Hall–Kier alpha value is -6.11. The summed E-state index contributed by atoms with van der Waals surface area (Å²) >= 11 is 8.01. The number of carbonyl (C=O) groups is 1. The number of aliphatic imine (C=N–C) groups is 1. The number of aryl methyl sites for hydroxylation is 2. The molecule has 0 unspecified atom stereocenters. The van der Waals surface area contributed by atoms with Crippen LogP contribution in [0.25, 0.3) is 5.00 Å². The average molecular weight is 912 g/mol. The van der Waals surface area contributed by atoms with Crippen LogP contribution >= 0.6 is 22.9 Å². The third kappa shape index (κ3) is 7.54. The molecular weight excluding hydrogens is 860 g/mol. The van der Waals surface area contributed by atoms with Gasteiger partial charge in [0.05, 0.1) is 40.6 Å². The maximum absolute atomic E-state index is 13.5. The third-order valence-electron chi connectivity index (χ3n) is 14.3. The van der Waals surface area contributed by atoms with Crippen molar-refractivity contribution in [3.63, 3.8) is 0 Å². The second kappa shape index (κ2) is 16.1. The lowest BCUT2D eigenvalue weighted by Gasteiger charge is -2.63. The van der Waals surface area contributed by atoms with E-state index in [0.29, 0.717) is 40.2 Å². The fourth-order valence-electron chi connectivity index (χ4n) is 10.9. The lowest BCUT2D eigenvalue weighted by molar-refractivity contribution is -0.164. The van der Waals surface area contributed by atoms with Crippen LogP contribution in [0.5, 0.6) is 11.5 Å². The van der Waals surface area contributed by atoms with Crippen molar-refractivity contribution < 1.29 is 18.7 Å². The molecule has 16 heteroatoms. The number of nitrogens with one attached hydrogen (secondary N) is 1. The molecule has 6 aromatic rings. The lowest BCUT2D eigenvalue weighted by Crippen LogP contribution is -2.74. The number of hydrogen-bond donors (Lipinski definition) is 1. The van der Waals surface area contributed by atoms with Crippen molar-refractivity contribution in [1.82, 2.24) is 35.0 Å². The monoisotopic (exact) mass is 910 g/mol.